The Morgan fingerprint density at radius 2 is 0.275 bits per heavy atom. The molecular weight excluding hydrogens is 1710 g/mol. The number of hydrogen-bond acceptors (Lipinski definition) is 0. The van der Waals surface area contributed by atoms with Crippen LogP contribution in [0, 0.1) is 0 Å². The van der Waals surface area contributed by atoms with Crippen LogP contribution in [-0.2, 0) is 0 Å². The second-order valence-corrected chi connectivity index (χ2v) is 36.9. The van der Waals surface area contributed by atoms with Gasteiger partial charge >= 0.3 is 0 Å². The Hall–Kier alpha value is -18.5. The van der Waals surface area contributed by atoms with E-state index in [0.29, 0.717) is 0 Å². The standard InChI is InChI=1S/3C36H24.C34H22/c1-2-12-26(13-3-1)35-31-17-6-8-19-33(31)36(34-20-9-7-18-32(34)35)30-16-10-15-28(24-30)29-22-21-25-11-4-5-14-27(25)23-29;1-2-11-27(12-3-1)35-31-14-6-8-16-33(31)36(34-17-9-7-15-32(34)35)28-21-18-26(19-22-28)30-23-20-25-10-4-5-13-29(25)24-30;1-2-13-26(14-3-1)35-31-18-8-10-20-33(31)36(34-21-11-9-19-32(34)35)30-17-7-6-16-29(30)28-23-22-25-12-4-5-15-27(25)24-28;1-2-12-23(13-3-1)33-28-18-8-10-20-30(28)34(31-21-11-9-19-29(31)33)32-22-24-14-4-5-15-25(24)26-16-6-7-17-27(26)32/h3*1-24H;1-22H. The van der Waals surface area contributed by atoms with Crippen LogP contribution in [0.5, 0.6) is 0 Å². The molecule has 28 rings (SSSR count). The Morgan fingerprint density at radius 1 is 0.0704 bits per heavy atom. The maximum absolute atomic E-state index is 2.38. The molecule has 0 amide bonds. The lowest BCUT2D eigenvalue weighted by molar-refractivity contribution is 1.62. The summed E-state index contributed by atoms with van der Waals surface area (Å²) in [5.41, 5.74) is 27.9. The molecule has 0 aliphatic rings. The molecule has 0 N–H and O–H groups in total. The summed E-state index contributed by atoms with van der Waals surface area (Å²) >= 11 is 0. The van der Waals surface area contributed by atoms with Crippen LogP contribution in [0.15, 0.2) is 570 Å². The minimum atomic E-state index is 1.23. The van der Waals surface area contributed by atoms with Gasteiger partial charge in [0, 0.05) is 0 Å². The third-order valence-corrected chi connectivity index (χ3v) is 28.8. The minimum Gasteiger partial charge on any atom is -0.0622 e. The van der Waals surface area contributed by atoms with Crippen molar-refractivity contribution in [2.75, 3.05) is 0 Å². The third-order valence-electron chi connectivity index (χ3n) is 28.8. The zero-order valence-electron chi connectivity index (χ0n) is 78.3. The van der Waals surface area contributed by atoms with Crippen LogP contribution in [0.1, 0.15) is 0 Å². The van der Waals surface area contributed by atoms with Gasteiger partial charge < -0.3 is 0 Å². The monoisotopic (exact) mass is 1800 g/mol. The zero-order valence-corrected chi connectivity index (χ0v) is 78.3. The first kappa shape index (κ1) is 85.2. The second-order valence-electron chi connectivity index (χ2n) is 36.9. The molecule has 0 spiro atoms. The highest BCUT2D eigenvalue weighted by Gasteiger charge is 2.25. The van der Waals surface area contributed by atoms with Crippen molar-refractivity contribution in [2.45, 2.75) is 0 Å². The van der Waals surface area contributed by atoms with Gasteiger partial charge in [0.2, 0.25) is 0 Å². The molecule has 0 unspecified atom stereocenters. The first-order valence-corrected chi connectivity index (χ1v) is 49.2. The number of hydrogen-bond donors (Lipinski definition) is 0. The van der Waals surface area contributed by atoms with Crippen LogP contribution >= 0.6 is 0 Å². The molecule has 0 aromatic heterocycles. The maximum atomic E-state index is 2.38. The molecule has 0 nitrogen and oxygen atoms in total. The normalized spacial score (nSPS) is 11.4. The van der Waals surface area contributed by atoms with Crippen molar-refractivity contribution in [2.24, 2.45) is 0 Å². The quantitative estimate of drug-likeness (QED) is 0.0894. The van der Waals surface area contributed by atoms with Crippen LogP contribution in [0.3, 0.4) is 0 Å². The van der Waals surface area contributed by atoms with E-state index in [1.54, 1.807) is 0 Å². The molecule has 0 saturated heterocycles. The van der Waals surface area contributed by atoms with E-state index in [-0.39, 0.29) is 0 Å². The Balaban J connectivity index is 0.0000000995. The van der Waals surface area contributed by atoms with E-state index in [2.05, 4.69) is 570 Å². The van der Waals surface area contributed by atoms with Crippen molar-refractivity contribution in [3.05, 3.63) is 570 Å². The van der Waals surface area contributed by atoms with Gasteiger partial charge in [0.25, 0.3) is 0 Å². The molecule has 662 valence electrons. The summed E-state index contributed by atoms with van der Waals surface area (Å²) in [5.74, 6) is 0. The summed E-state index contributed by atoms with van der Waals surface area (Å²) in [6.45, 7) is 0. The summed E-state index contributed by atoms with van der Waals surface area (Å²) in [6, 6.07) is 207. The van der Waals surface area contributed by atoms with Crippen molar-refractivity contribution in [3.63, 3.8) is 0 Å². The van der Waals surface area contributed by atoms with Crippen LogP contribution in [0.25, 0.3) is 262 Å². The number of benzene rings is 28. The average Bonchev–Trinajstić information content (AvgIpc) is 0.662. The van der Waals surface area contributed by atoms with Crippen molar-refractivity contribution < 1.29 is 0 Å². The number of fused-ring (bicyclic) bond motifs is 14. The fourth-order valence-electron chi connectivity index (χ4n) is 22.4. The Kier molecular flexibility index (Phi) is 22.5. The predicted molar refractivity (Wildman–Crippen MR) is 613 cm³/mol. The van der Waals surface area contributed by atoms with E-state index in [1.807, 2.05) is 0 Å². The van der Waals surface area contributed by atoms with Gasteiger partial charge in [-0.1, -0.05) is 540 Å². The van der Waals surface area contributed by atoms with Crippen LogP contribution in [0.2, 0.25) is 0 Å². The van der Waals surface area contributed by atoms with E-state index >= 15 is 0 Å². The molecule has 0 heterocycles. The first-order chi connectivity index (χ1) is 70.5. The highest BCUT2D eigenvalue weighted by Crippen LogP contribution is 2.52. The molecule has 142 heavy (non-hydrogen) atoms. The summed E-state index contributed by atoms with van der Waals surface area (Å²) < 4.78 is 0. The lowest BCUT2D eigenvalue weighted by atomic mass is 9.84. The smallest absolute Gasteiger partial charge is 0.00199 e. The van der Waals surface area contributed by atoms with E-state index in [0.717, 1.165) is 0 Å². The largest absolute Gasteiger partial charge is 0.0622 e. The lowest BCUT2D eigenvalue weighted by Crippen LogP contribution is -1.92. The molecular formula is C142H94. The Bertz CT molecular complexity index is 9440. The molecule has 0 bridgehead atoms. The summed E-state index contributed by atoms with van der Waals surface area (Å²) in [7, 11) is 0. The van der Waals surface area contributed by atoms with Gasteiger partial charge in [0.15, 0.2) is 0 Å². The Morgan fingerprint density at radius 3 is 0.627 bits per heavy atom. The topological polar surface area (TPSA) is 0 Å². The predicted octanol–water partition coefficient (Wildman–Crippen LogP) is 40.1. The molecule has 0 saturated carbocycles. The van der Waals surface area contributed by atoms with E-state index < -0.39 is 0 Å². The molecule has 0 radical (unpaired) electrons. The molecule has 0 aliphatic carbocycles. The summed E-state index contributed by atoms with van der Waals surface area (Å²) in [5, 5.41) is 33.4. The molecule has 0 heteroatoms. The fraction of sp³-hybridized carbons (Fsp3) is 0. The van der Waals surface area contributed by atoms with Crippen molar-refractivity contribution in [1.29, 1.82) is 0 Å². The van der Waals surface area contributed by atoms with Gasteiger partial charge in [0.1, 0.15) is 0 Å². The second kappa shape index (κ2) is 37.6. The van der Waals surface area contributed by atoms with Gasteiger partial charge in [-0.15, -0.1) is 0 Å². The Labute approximate surface area is 826 Å². The minimum absolute atomic E-state index is 1.23. The van der Waals surface area contributed by atoms with E-state index in [1.165, 1.54) is 262 Å². The van der Waals surface area contributed by atoms with Crippen molar-refractivity contribution in [3.8, 4) is 122 Å². The van der Waals surface area contributed by atoms with E-state index in [9.17, 15) is 0 Å². The van der Waals surface area contributed by atoms with Gasteiger partial charge in [-0.3, -0.25) is 0 Å². The summed E-state index contributed by atoms with van der Waals surface area (Å²) in [4.78, 5) is 0. The fourth-order valence-corrected chi connectivity index (χ4v) is 22.4. The van der Waals surface area contributed by atoms with Crippen LogP contribution < -0.4 is 0 Å². The van der Waals surface area contributed by atoms with Crippen LogP contribution in [0.4, 0.5) is 0 Å². The molecule has 0 fully saturated rings. The van der Waals surface area contributed by atoms with Gasteiger partial charge in [0.05, 0.1) is 0 Å². The molecule has 28 aromatic carbocycles. The average molecular weight is 1800 g/mol. The maximum Gasteiger partial charge on any atom is -0.00199 e. The van der Waals surface area contributed by atoms with Gasteiger partial charge in [-0.2, -0.15) is 0 Å². The molecule has 0 atom stereocenters. The van der Waals surface area contributed by atoms with Crippen molar-refractivity contribution >= 4 is 140 Å². The van der Waals surface area contributed by atoms with Gasteiger partial charge in [-0.25, -0.2) is 0 Å². The SMILES string of the molecule is c1ccc(-c2c3ccccc3c(-c3cc4ccccc4c4ccccc34)c3ccccc23)cc1.c1ccc(-c2c3ccccc3c(-c3ccc(-c4ccc5ccccc5c4)cc3)c3ccccc23)cc1.c1ccc(-c2c3ccccc3c(-c3cccc(-c4ccc5ccccc5c4)c3)c3ccccc23)cc1.c1ccc(-c2c3ccccc3c(-c3ccccc3-c3ccc4ccccc4c3)c3ccccc23)cc1. The first-order valence-electron chi connectivity index (χ1n) is 49.2. The molecule has 0 aliphatic heterocycles. The third kappa shape index (κ3) is 15.8. The highest BCUT2D eigenvalue weighted by molar-refractivity contribution is 6.28. The highest BCUT2D eigenvalue weighted by atomic mass is 14.3. The van der Waals surface area contributed by atoms with E-state index in [4.69, 9.17) is 0 Å². The zero-order chi connectivity index (χ0) is 94.2. The summed E-state index contributed by atoms with van der Waals surface area (Å²) in [6.07, 6.45) is 0. The lowest BCUT2D eigenvalue weighted by Gasteiger charge is -2.19. The van der Waals surface area contributed by atoms with Crippen molar-refractivity contribution in [1.82, 2.24) is 0 Å². The molecule has 28 aromatic rings. The van der Waals surface area contributed by atoms with Gasteiger partial charge in [-0.05, 0) is 293 Å². The van der Waals surface area contributed by atoms with Crippen LogP contribution in [-0.4, -0.2) is 0 Å². The number of rotatable bonds is 11.